The second kappa shape index (κ2) is 5.94. The van der Waals surface area contributed by atoms with Crippen molar-refractivity contribution in [2.75, 3.05) is 12.4 Å². The van der Waals surface area contributed by atoms with Crippen LogP contribution in [0.1, 0.15) is 16.1 Å². The number of hydrogen-bond donors (Lipinski definition) is 1. The molecular weight excluding hydrogens is 316 g/mol. The Hall–Kier alpha value is -3.34. The van der Waals surface area contributed by atoms with Crippen LogP contribution in [0.3, 0.4) is 0 Å². The molecule has 0 fully saturated rings. The van der Waals surface area contributed by atoms with Crippen molar-refractivity contribution in [2.24, 2.45) is 0 Å². The van der Waals surface area contributed by atoms with Gasteiger partial charge in [-0.05, 0) is 31.2 Å². The molecule has 0 saturated carbocycles. The number of fused-ring (bicyclic) bond motifs is 3. The average molecular weight is 332 g/mol. The van der Waals surface area contributed by atoms with E-state index in [1.54, 1.807) is 31.5 Å². The predicted octanol–water partition coefficient (Wildman–Crippen LogP) is 4.55. The summed E-state index contributed by atoms with van der Waals surface area (Å²) in [5.74, 6) is 0.328. The highest BCUT2D eigenvalue weighted by molar-refractivity contribution is 6.09. The first-order valence-corrected chi connectivity index (χ1v) is 7.89. The van der Waals surface area contributed by atoms with Gasteiger partial charge in [-0.25, -0.2) is 0 Å². The van der Waals surface area contributed by atoms with Gasteiger partial charge in [-0.1, -0.05) is 18.2 Å². The number of amides is 1. The van der Waals surface area contributed by atoms with Gasteiger partial charge < -0.3 is 14.5 Å². The summed E-state index contributed by atoms with van der Waals surface area (Å²) in [6, 6.07) is 15.0. The monoisotopic (exact) mass is 332 g/mol. The van der Waals surface area contributed by atoms with Gasteiger partial charge in [0.1, 0.15) is 16.9 Å². The number of rotatable bonds is 3. The maximum Gasteiger partial charge on any atom is 0.257 e. The zero-order chi connectivity index (χ0) is 17.4. The highest BCUT2D eigenvalue weighted by Gasteiger charge is 2.15. The Morgan fingerprint density at radius 2 is 1.92 bits per heavy atom. The van der Waals surface area contributed by atoms with Crippen molar-refractivity contribution in [3.05, 3.63) is 66.0 Å². The van der Waals surface area contributed by atoms with Crippen LogP contribution in [-0.2, 0) is 0 Å². The van der Waals surface area contributed by atoms with Crippen LogP contribution in [-0.4, -0.2) is 18.0 Å². The first kappa shape index (κ1) is 15.2. The Morgan fingerprint density at radius 3 is 2.68 bits per heavy atom. The Bertz CT molecular complexity index is 1080. The van der Waals surface area contributed by atoms with Crippen molar-refractivity contribution < 1.29 is 13.9 Å². The van der Waals surface area contributed by atoms with Crippen LogP contribution in [0.5, 0.6) is 5.75 Å². The van der Waals surface area contributed by atoms with Gasteiger partial charge in [0.25, 0.3) is 5.91 Å². The normalized spacial score (nSPS) is 11.0. The summed E-state index contributed by atoms with van der Waals surface area (Å²) in [4.78, 5) is 16.6. The minimum absolute atomic E-state index is 0.249. The quantitative estimate of drug-likeness (QED) is 0.598. The summed E-state index contributed by atoms with van der Waals surface area (Å²) in [6.07, 6.45) is 1.55. The topological polar surface area (TPSA) is 64.4 Å². The van der Waals surface area contributed by atoms with Crippen LogP contribution >= 0.6 is 0 Å². The number of aryl methyl sites for hydroxylation is 1. The minimum atomic E-state index is -0.249. The van der Waals surface area contributed by atoms with Crippen molar-refractivity contribution in [1.29, 1.82) is 0 Å². The molecule has 2 aromatic carbocycles. The minimum Gasteiger partial charge on any atom is -0.495 e. The molecule has 2 heterocycles. The molecule has 2 aromatic heterocycles. The first-order valence-electron chi connectivity index (χ1n) is 7.89. The van der Waals surface area contributed by atoms with Crippen molar-refractivity contribution >= 4 is 33.5 Å². The molecule has 4 rings (SSSR count). The largest absolute Gasteiger partial charge is 0.495 e. The maximum atomic E-state index is 12.5. The summed E-state index contributed by atoms with van der Waals surface area (Å²) < 4.78 is 11.3. The highest BCUT2D eigenvalue weighted by Crippen LogP contribution is 2.36. The molecule has 0 aliphatic heterocycles. The lowest BCUT2D eigenvalue weighted by molar-refractivity contribution is 0.102. The average Bonchev–Trinajstić information content (AvgIpc) is 2.99. The van der Waals surface area contributed by atoms with Gasteiger partial charge in [0.05, 0.1) is 18.4 Å². The molecule has 4 aromatic rings. The molecule has 0 atom stereocenters. The third kappa shape index (κ3) is 2.70. The van der Waals surface area contributed by atoms with E-state index < -0.39 is 0 Å². The van der Waals surface area contributed by atoms with Crippen LogP contribution in [0.4, 0.5) is 5.69 Å². The lowest BCUT2D eigenvalue weighted by atomic mass is 10.1. The van der Waals surface area contributed by atoms with E-state index in [0.29, 0.717) is 22.6 Å². The molecule has 5 nitrogen and oxygen atoms in total. The van der Waals surface area contributed by atoms with E-state index in [1.807, 2.05) is 37.3 Å². The number of carbonyl (C=O) groups is 1. The third-order valence-electron chi connectivity index (χ3n) is 4.12. The molecule has 25 heavy (non-hydrogen) atoms. The fourth-order valence-corrected chi connectivity index (χ4v) is 2.81. The zero-order valence-corrected chi connectivity index (χ0v) is 13.9. The Labute approximate surface area is 144 Å². The summed E-state index contributed by atoms with van der Waals surface area (Å²) in [6.45, 7) is 1.88. The number of furan rings is 1. The van der Waals surface area contributed by atoms with E-state index in [9.17, 15) is 4.79 Å². The van der Waals surface area contributed by atoms with Crippen LogP contribution in [0.15, 0.2) is 59.1 Å². The molecule has 0 aliphatic carbocycles. The van der Waals surface area contributed by atoms with E-state index in [4.69, 9.17) is 9.15 Å². The summed E-state index contributed by atoms with van der Waals surface area (Å²) in [5.41, 5.74) is 3.39. The zero-order valence-electron chi connectivity index (χ0n) is 13.9. The van der Waals surface area contributed by atoms with Crippen LogP contribution in [0, 0.1) is 6.92 Å². The first-order chi connectivity index (χ1) is 12.2. The Kier molecular flexibility index (Phi) is 3.61. The van der Waals surface area contributed by atoms with E-state index in [2.05, 4.69) is 10.3 Å². The molecule has 124 valence electrons. The SMILES string of the molecule is COc1cc2c(cc1NC(=O)c1ccc(C)nc1)oc1ccccc12. The molecule has 5 heteroatoms. The third-order valence-corrected chi connectivity index (χ3v) is 4.12. The van der Waals surface area contributed by atoms with E-state index >= 15 is 0 Å². The number of methoxy groups -OCH3 is 1. The van der Waals surface area contributed by atoms with Crippen molar-refractivity contribution in [3.63, 3.8) is 0 Å². The number of ether oxygens (including phenoxy) is 1. The predicted molar refractivity (Wildman–Crippen MR) is 97.2 cm³/mol. The number of hydrogen-bond acceptors (Lipinski definition) is 4. The number of carbonyl (C=O) groups excluding carboxylic acids is 1. The van der Waals surface area contributed by atoms with Crippen LogP contribution in [0.25, 0.3) is 21.9 Å². The summed E-state index contributed by atoms with van der Waals surface area (Å²) in [5, 5.41) is 4.83. The van der Waals surface area contributed by atoms with Gasteiger partial charge >= 0.3 is 0 Å². The van der Waals surface area contributed by atoms with E-state index in [1.165, 1.54) is 0 Å². The molecule has 0 spiro atoms. The lowest BCUT2D eigenvalue weighted by Crippen LogP contribution is -2.13. The van der Waals surface area contributed by atoms with Crippen molar-refractivity contribution in [3.8, 4) is 5.75 Å². The summed E-state index contributed by atoms with van der Waals surface area (Å²) >= 11 is 0. The van der Waals surface area contributed by atoms with Crippen molar-refractivity contribution in [2.45, 2.75) is 6.92 Å². The van der Waals surface area contributed by atoms with Gasteiger partial charge in [-0.2, -0.15) is 0 Å². The van der Waals surface area contributed by atoms with Gasteiger partial charge in [0.2, 0.25) is 0 Å². The molecule has 0 saturated heterocycles. The molecule has 0 bridgehead atoms. The van der Waals surface area contributed by atoms with Crippen LogP contribution < -0.4 is 10.1 Å². The maximum absolute atomic E-state index is 12.5. The molecule has 1 N–H and O–H groups in total. The van der Waals surface area contributed by atoms with E-state index in [0.717, 1.165) is 22.0 Å². The van der Waals surface area contributed by atoms with Crippen molar-refractivity contribution in [1.82, 2.24) is 4.98 Å². The number of anilines is 1. The number of benzene rings is 2. The fourth-order valence-electron chi connectivity index (χ4n) is 2.81. The van der Waals surface area contributed by atoms with Gasteiger partial charge in [0, 0.05) is 28.7 Å². The molecule has 0 aliphatic rings. The number of para-hydroxylation sites is 1. The summed E-state index contributed by atoms with van der Waals surface area (Å²) in [7, 11) is 1.58. The Balaban J connectivity index is 1.76. The standard InChI is InChI=1S/C20H16N2O3/c1-12-7-8-13(11-21-12)20(23)22-16-10-18-15(9-19(16)24-2)14-5-3-4-6-17(14)25-18/h3-11H,1-2H3,(H,22,23). The molecule has 1 amide bonds. The Morgan fingerprint density at radius 1 is 1.08 bits per heavy atom. The highest BCUT2D eigenvalue weighted by atomic mass is 16.5. The van der Waals surface area contributed by atoms with Gasteiger partial charge in [0.15, 0.2) is 0 Å². The van der Waals surface area contributed by atoms with Crippen LogP contribution in [0.2, 0.25) is 0 Å². The van der Waals surface area contributed by atoms with Gasteiger partial charge in [-0.15, -0.1) is 0 Å². The molecular formula is C20H16N2O3. The molecule has 0 radical (unpaired) electrons. The lowest BCUT2D eigenvalue weighted by Gasteiger charge is -2.10. The van der Waals surface area contributed by atoms with Gasteiger partial charge in [-0.3, -0.25) is 9.78 Å². The number of aromatic nitrogens is 1. The smallest absolute Gasteiger partial charge is 0.257 e. The second-order valence-corrected chi connectivity index (χ2v) is 5.79. The number of pyridine rings is 1. The number of nitrogens with zero attached hydrogens (tertiary/aromatic N) is 1. The van der Waals surface area contributed by atoms with E-state index in [-0.39, 0.29) is 5.91 Å². The number of nitrogens with one attached hydrogen (secondary N) is 1. The molecule has 0 unspecified atom stereocenters. The second-order valence-electron chi connectivity index (χ2n) is 5.79. The fraction of sp³-hybridized carbons (Fsp3) is 0.100.